The fourth-order valence-corrected chi connectivity index (χ4v) is 3.31. The van der Waals surface area contributed by atoms with Crippen LogP contribution < -0.4 is 5.32 Å². The zero-order valence-corrected chi connectivity index (χ0v) is 14.7. The van der Waals surface area contributed by atoms with E-state index in [1.54, 1.807) is 0 Å². The van der Waals surface area contributed by atoms with Gasteiger partial charge in [0.2, 0.25) is 0 Å². The number of amides is 1. The van der Waals surface area contributed by atoms with Crippen molar-refractivity contribution in [1.82, 2.24) is 5.32 Å². The van der Waals surface area contributed by atoms with Crippen LogP contribution in [0.3, 0.4) is 0 Å². The van der Waals surface area contributed by atoms with E-state index in [1.165, 1.54) is 0 Å². The summed E-state index contributed by atoms with van der Waals surface area (Å²) in [5.41, 5.74) is -0.749. The monoisotopic (exact) mass is 349 g/mol. The molecule has 0 unspecified atom stereocenters. The summed E-state index contributed by atoms with van der Waals surface area (Å²) in [6.07, 6.45) is 3.68. The van der Waals surface area contributed by atoms with Gasteiger partial charge in [-0.3, -0.25) is 25.0 Å². The first-order valence-corrected chi connectivity index (χ1v) is 8.32. The van der Waals surface area contributed by atoms with Gasteiger partial charge in [0, 0.05) is 18.2 Å². The lowest BCUT2D eigenvalue weighted by Gasteiger charge is -2.37. The maximum atomic E-state index is 12.4. The standard InChI is InChI=1S/C17H23N3O5/c1-17(2,3)12-4-6-13(7-5-12)18-16(21)11-8-14(19(22)23)10-15(9-11)20(24)25/h8-10,12-13H,4-7H2,1-3H3,(H,18,21). The highest BCUT2D eigenvalue weighted by Gasteiger charge is 2.30. The van der Waals surface area contributed by atoms with E-state index in [0.29, 0.717) is 5.92 Å². The molecule has 0 saturated heterocycles. The van der Waals surface area contributed by atoms with Crippen LogP contribution in [0.4, 0.5) is 11.4 Å². The minimum absolute atomic E-state index is 0.00980. The van der Waals surface area contributed by atoms with E-state index in [1.807, 2.05) is 0 Å². The first-order chi connectivity index (χ1) is 11.6. The topological polar surface area (TPSA) is 115 Å². The van der Waals surface area contributed by atoms with Gasteiger partial charge in [0.25, 0.3) is 17.3 Å². The lowest BCUT2D eigenvalue weighted by Crippen LogP contribution is -2.39. The summed E-state index contributed by atoms with van der Waals surface area (Å²) in [5, 5.41) is 24.7. The minimum atomic E-state index is -0.738. The zero-order chi connectivity index (χ0) is 18.8. The van der Waals surface area contributed by atoms with Crippen molar-refractivity contribution in [3.05, 3.63) is 44.0 Å². The third-order valence-electron chi connectivity index (χ3n) is 4.87. The Bertz CT molecular complexity index is 656. The van der Waals surface area contributed by atoms with Gasteiger partial charge < -0.3 is 5.32 Å². The number of hydrogen-bond donors (Lipinski definition) is 1. The molecule has 1 aromatic carbocycles. The number of non-ortho nitro benzene ring substituents is 2. The third-order valence-corrected chi connectivity index (χ3v) is 4.87. The summed E-state index contributed by atoms with van der Waals surface area (Å²) in [7, 11) is 0. The number of nitrogens with one attached hydrogen (secondary N) is 1. The van der Waals surface area contributed by atoms with E-state index in [0.717, 1.165) is 43.9 Å². The van der Waals surface area contributed by atoms with Crippen molar-refractivity contribution in [3.63, 3.8) is 0 Å². The van der Waals surface area contributed by atoms with Gasteiger partial charge in [0.1, 0.15) is 0 Å². The van der Waals surface area contributed by atoms with E-state index in [-0.39, 0.29) is 17.0 Å². The molecule has 1 fully saturated rings. The van der Waals surface area contributed by atoms with Gasteiger partial charge in [-0.25, -0.2) is 0 Å². The molecule has 2 rings (SSSR count). The second kappa shape index (κ2) is 7.16. The first-order valence-electron chi connectivity index (χ1n) is 8.32. The molecule has 1 aliphatic rings. The zero-order valence-electron chi connectivity index (χ0n) is 14.7. The number of hydrogen-bond acceptors (Lipinski definition) is 5. The van der Waals surface area contributed by atoms with Crippen LogP contribution >= 0.6 is 0 Å². The predicted octanol–water partition coefficient (Wildman–Crippen LogP) is 3.84. The number of rotatable bonds is 4. The van der Waals surface area contributed by atoms with Crippen LogP contribution in [0.5, 0.6) is 0 Å². The van der Waals surface area contributed by atoms with Gasteiger partial charge in [0.05, 0.1) is 21.5 Å². The highest BCUT2D eigenvalue weighted by molar-refractivity contribution is 5.95. The molecule has 8 nitrogen and oxygen atoms in total. The third kappa shape index (κ3) is 4.74. The van der Waals surface area contributed by atoms with Gasteiger partial charge in [-0.05, 0) is 37.0 Å². The van der Waals surface area contributed by atoms with Crippen LogP contribution in [0, 0.1) is 31.6 Å². The summed E-state index contributed by atoms with van der Waals surface area (Å²) in [5.74, 6) is 0.0885. The number of nitro benzene ring substituents is 2. The van der Waals surface area contributed by atoms with E-state index in [9.17, 15) is 25.0 Å². The number of carbonyl (C=O) groups excluding carboxylic acids is 1. The van der Waals surface area contributed by atoms with Crippen LogP contribution in [0.1, 0.15) is 56.8 Å². The van der Waals surface area contributed by atoms with Crippen molar-refractivity contribution in [1.29, 1.82) is 0 Å². The van der Waals surface area contributed by atoms with Gasteiger partial charge >= 0.3 is 0 Å². The van der Waals surface area contributed by atoms with Crippen molar-refractivity contribution in [2.75, 3.05) is 0 Å². The van der Waals surface area contributed by atoms with Crippen LogP contribution in [0.25, 0.3) is 0 Å². The van der Waals surface area contributed by atoms with Crippen LogP contribution in [0.2, 0.25) is 0 Å². The van der Waals surface area contributed by atoms with Gasteiger partial charge in [-0.15, -0.1) is 0 Å². The maximum Gasteiger partial charge on any atom is 0.277 e. The molecule has 1 saturated carbocycles. The molecule has 25 heavy (non-hydrogen) atoms. The summed E-state index contributed by atoms with van der Waals surface area (Å²) < 4.78 is 0. The molecule has 0 aliphatic heterocycles. The molecule has 1 N–H and O–H groups in total. The Kier molecular flexibility index (Phi) is 5.39. The Labute approximate surface area is 145 Å². The SMILES string of the molecule is CC(C)(C)C1CCC(NC(=O)c2cc([N+](=O)[O-])cc([N+](=O)[O-])c2)CC1. The summed E-state index contributed by atoms with van der Waals surface area (Å²) in [6.45, 7) is 6.62. The number of nitrogens with zero attached hydrogens (tertiary/aromatic N) is 2. The predicted molar refractivity (Wildman–Crippen MR) is 92.4 cm³/mol. The lowest BCUT2D eigenvalue weighted by atomic mass is 9.71. The molecule has 136 valence electrons. The quantitative estimate of drug-likeness (QED) is 0.655. The van der Waals surface area contributed by atoms with E-state index in [4.69, 9.17) is 0 Å². The fourth-order valence-electron chi connectivity index (χ4n) is 3.31. The van der Waals surface area contributed by atoms with Crippen LogP contribution in [0.15, 0.2) is 18.2 Å². The minimum Gasteiger partial charge on any atom is -0.349 e. The van der Waals surface area contributed by atoms with Crippen molar-refractivity contribution < 1.29 is 14.6 Å². The Morgan fingerprint density at radius 2 is 1.48 bits per heavy atom. The molecule has 1 aromatic rings. The number of nitro groups is 2. The summed E-state index contributed by atoms with van der Waals surface area (Å²) in [4.78, 5) is 32.8. The van der Waals surface area contributed by atoms with Crippen molar-refractivity contribution in [2.45, 2.75) is 52.5 Å². The molecular formula is C17H23N3O5. The molecular weight excluding hydrogens is 326 g/mol. The molecule has 1 aliphatic carbocycles. The van der Waals surface area contributed by atoms with Crippen molar-refractivity contribution >= 4 is 17.3 Å². The average Bonchev–Trinajstić information content (AvgIpc) is 2.53. The highest BCUT2D eigenvalue weighted by Crippen LogP contribution is 2.37. The van der Waals surface area contributed by atoms with E-state index in [2.05, 4.69) is 26.1 Å². The second-order valence-electron chi connectivity index (χ2n) is 7.64. The number of benzene rings is 1. The Balaban J connectivity index is 2.09. The second-order valence-corrected chi connectivity index (χ2v) is 7.64. The van der Waals surface area contributed by atoms with Gasteiger partial charge in [-0.1, -0.05) is 20.8 Å². The Hall–Kier alpha value is -2.51. The highest BCUT2D eigenvalue weighted by atomic mass is 16.6. The normalized spacial score (nSPS) is 20.8. The fraction of sp³-hybridized carbons (Fsp3) is 0.588. The molecule has 1 amide bonds. The first kappa shape index (κ1) is 18.8. The lowest BCUT2D eigenvalue weighted by molar-refractivity contribution is -0.394. The smallest absolute Gasteiger partial charge is 0.277 e. The van der Waals surface area contributed by atoms with Crippen molar-refractivity contribution in [2.24, 2.45) is 11.3 Å². The van der Waals surface area contributed by atoms with Gasteiger partial charge in [0.15, 0.2) is 0 Å². The van der Waals surface area contributed by atoms with Crippen molar-refractivity contribution in [3.8, 4) is 0 Å². The molecule has 0 atom stereocenters. The Morgan fingerprint density at radius 1 is 1.00 bits per heavy atom. The largest absolute Gasteiger partial charge is 0.349 e. The molecule has 0 spiro atoms. The molecule has 8 heteroatoms. The van der Waals surface area contributed by atoms with E-state index < -0.39 is 27.1 Å². The molecule has 0 heterocycles. The molecule has 0 aromatic heterocycles. The summed E-state index contributed by atoms with van der Waals surface area (Å²) >= 11 is 0. The van der Waals surface area contributed by atoms with E-state index >= 15 is 0 Å². The summed E-state index contributed by atoms with van der Waals surface area (Å²) in [6, 6.07) is 2.99. The molecule has 0 bridgehead atoms. The number of carbonyl (C=O) groups is 1. The Morgan fingerprint density at radius 3 is 1.88 bits per heavy atom. The van der Waals surface area contributed by atoms with Gasteiger partial charge in [-0.2, -0.15) is 0 Å². The molecule has 0 radical (unpaired) electrons. The maximum absolute atomic E-state index is 12.4. The van der Waals surface area contributed by atoms with Crippen LogP contribution in [-0.4, -0.2) is 21.8 Å². The average molecular weight is 349 g/mol. The van der Waals surface area contributed by atoms with Crippen LogP contribution in [-0.2, 0) is 0 Å².